The number of carbonyl (C=O) groups excluding carboxylic acids is 4. The van der Waals surface area contributed by atoms with Gasteiger partial charge in [-0.05, 0) is 41.5 Å². The van der Waals surface area contributed by atoms with Crippen molar-refractivity contribution in [2.75, 3.05) is 20.3 Å². The van der Waals surface area contributed by atoms with E-state index >= 15 is 0 Å². The molecule has 0 aliphatic carbocycles. The number of hydrogen-bond donors (Lipinski definition) is 2. The number of imide groups is 1. The maximum atomic E-state index is 12.1. The van der Waals surface area contributed by atoms with Gasteiger partial charge in [-0.3, -0.25) is 0 Å². The quantitative estimate of drug-likeness (QED) is 0.339. The summed E-state index contributed by atoms with van der Waals surface area (Å²) in [7, 11) is 1.00. The number of hydroxylamine groups is 2. The lowest BCUT2D eigenvalue weighted by Crippen LogP contribution is -2.46. The highest BCUT2D eigenvalue weighted by molar-refractivity contribution is 5.87. The first-order valence-corrected chi connectivity index (χ1v) is 10.6. The van der Waals surface area contributed by atoms with Crippen LogP contribution in [0.5, 0.6) is 0 Å². The molecule has 2 amide bonds. The van der Waals surface area contributed by atoms with Crippen LogP contribution in [0.25, 0.3) is 0 Å². The van der Waals surface area contributed by atoms with E-state index in [0.717, 1.165) is 7.11 Å². The minimum atomic E-state index is -1.05. The SMILES string of the molecule is CC.CC(C)(C)OC(=O)N(OC1CCOC1=O)C(=O)OC(C)(C)C.CO.O=C1OCC[C@@H]1O. The number of nitrogens with zero attached hydrogens (tertiary/aromatic N) is 1. The van der Waals surface area contributed by atoms with Gasteiger partial charge in [0.1, 0.15) is 11.2 Å². The van der Waals surface area contributed by atoms with Crippen LogP contribution in [-0.2, 0) is 33.4 Å². The fourth-order valence-electron chi connectivity index (χ4n) is 1.95. The highest BCUT2D eigenvalue weighted by atomic mass is 16.8. The van der Waals surface area contributed by atoms with Crippen LogP contribution in [0.15, 0.2) is 0 Å². The van der Waals surface area contributed by atoms with Crippen molar-refractivity contribution >= 4 is 24.1 Å². The van der Waals surface area contributed by atoms with Crippen molar-refractivity contribution in [3.8, 4) is 0 Å². The highest BCUT2D eigenvalue weighted by Gasteiger charge is 2.38. The van der Waals surface area contributed by atoms with E-state index in [4.69, 9.17) is 29.3 Å². The Bertz CT molecular complexity index is 595. The molecule has 0 radical (unpaired) electrons. The molecule has 0 saturated carbocycles. The zero-order valence-corrected chi connectivity index (χ0v) is 21.0. The Morgan fingerprint density at radius 2 is 1.24 bits per heavy atom. The third-order valence-corrected chi connectivity index (χ3v) is 3.15. The Balaban J connectivity index is 0. The summed E-state index contributed by atoms with van der Waals surface area (Å²) >= 11 is 0. The van der Waals surface area contributed by atoms with Crippen LogP contribution < -0.4 is 0 Å². The Morgan fingerprint density at radius 3 is 1.48 bits per heavy atom. The van der Waals surface area contributed by atoms with Gasteiger partial charge in [-0.1, -0.05) is 18.9 Å². The molecule has 2 aliphatic rings. The van der Waals surface area contributed by atoms with Gasteiger partial charge in [0.25, 0.3) is 0 Å². The third-order valence-electron chi connectivity index (χ3n) is 3.15. The number of amides is 2. The Hall–Kier alpha value is -2.44. The summed E-state index contributed by atoms with van der Waals surface area (Å²) < 4.78 is 19.3. The normalized spacial score (nSPS) is 19.2. The van der Waals surface area contributed by atoms with Gasteiger partial charge in [-0.25, -0.2) is 24.0 Å². The largest absolute Gasteiger partial charge is 0.464 e. The number of rotatable bonds is 2. The maximum absolute atomic E-state index is 12.1. The van der Waals surface area contributed by atoms with Gasteiger partial charge in [-0.2, -0.15) is 0 Å². The molecule has 0 bridgehead atoms. The molecule has 0 aromatic carbocycles. The summed E-state index contributed by atoms with van der Waals surface area (Å²) in [5.41, 5.74) is -1.67. The molecule has 2 atom stereocenters. The lowest BCUT2D eigenvalue weighted by atomic mass is 10.2. The average molecular weight is 482 g/mol. The third kappa shape index (κ3) is 14.3. The molecular formula is C21H39NO11. The van der Waals surface area contributed by atoms with Gasteiger partial charge >= 0.3 is 24.1 Å². The molecule has 0 aromatic rings. The van der Waals surface area contributed by atoms with Crippen LogP contribution in [0.3, 0.4) is 0 Å². The average Bonchev–Trinajstić information content (AvgIpc) is 3.28. The molecule has 2 saturated heterocycles. The number of aliphatic hydroxyl groups excluding tert-OH is 2. The fourth-order valence-corrected chi connectivity index (χ4v) is 1.95. The number of aliphatic hydroxyl groups is 2. The monoisotopic (exact) mass is 481 g/mol. The van der Waals surface area contributed by atoms with Crippen molar-refractivity contribution < 1.29 is 53.2 Å². The molecule has 0 spiro atoms. The van der Waals surface area contributed by atoms with Crippen LogP contribution in [0, 0.1) is 0 Å². The minimum Gasteiger partial charge on any atom is -0.464 e. The van der Waals surface area contributed by atoms with Crippen molar-refractivity contribution in [3.05, 3.63) is 0 Å². The summed E-state index contributed by atoms with van der Waals surface area (Å²) in [6.07, 6.45) is -3.30. The molecule has 0 aromatic heterocycles. The van der Waals surface area contributed by atoms with Gasteiger partial charge in [0.15, 0.2) is 12.2 Å². The first kappa shape index (κ1) is 32.7. The second-order valence-corrected chi connectivity index (χ2v) is 8.28. The molecule has 12 heteroatoms. The lowest BCUT2D eigenvalue weighted by molar-refractivity contribution is -0.181. The van der Waals surface area contributed by atoms with Gasteiger partial charge < -0.3 is 29.2 Å². The molecule has 12 nitrogen and oxygen atoms in total. The Morgan fingerprint density at radius 1 is 0.848 bits per heavy atom. The zero-order chi connectivity index (χ0) is 26.4. The number of hydrogen-bond acceptors (Lipinski definition) is 11. The van der Waals surface area contributed by atoms with E-state index in [0.29, 0.717) is 18.1 Å². The van der Waals surface area contributed by atoms with Gasteiger partial charge in [0.2, 0.25) is 0 Å². The van der Waals surface area contributed by atoms with Crippen LogP contribution in [-0.4, -0.2) is 83.1 Å². The summed E-state index contributed by atoms with van der Waals surface area (Å²) in [4.78, 5) is 50.9. The van der Waals surface area contributed by atoms with E-state index in [1.807, 2.05) is 13.8 Å². The predicted octanol–water partition coefficient (Wildman–Crippen LogP) is 2.33. The summed E-state index contributed by atoms with van der Waals surface area (Å²) in [5.74, 6) is -1.13. The van der Waals surface area contributed by atoms with Gasteiger partial charge in [0, 0.05) is 20.0 Å². The van der Waals surface area contributed by atoms with E-state index < -0.39 is 47.5 Å². The second kappa shape index (κ2) is 15.4. The van der Waals surface area contributed by atoms with Crippen LogP contribution >= 0.6 is 0 Å². The number of esters is 2. The Labute approximate surface area is 195 Å². The van der Waals surface area contributed by atoms with E-state index in [-0.39, 0.29) is 13.0 Å². The lowest BCUT2D eigenvalue weighted by Gasteiger charge is -2.28. The van der Waals surface area contributed by atoms with Crippen molar-refractivity contribution in [2.45, 2.75) is 91.6 Å². The van der Waals surface area contributed by atoms with Crippen LogP contribution in [0.1, 0.15) is 68.2 Å². The van der Waals surface area contributed by atoms with E-state index in [1.54, 1.807) is 41.5 Å². The summed E-state index contributed by atoms with van der Waals surface area (Å²) in [6.45, 7) is 14.4. The molecule has 194 valence electrons. The molecule has 2 aliphatic heterocycles. The van der Waals surface area contributed by atoms with Crippen molar-refractivity contribution in [1.82, 2.24) is 5.06 Å². The molecule has 2 rings (SSSR count). The number of carbonyl (C=O) groups is 4. The first-order chi connectivity index (χ1) is 15.2. The molecule has 1 unspecified atom stereocenters. The van der Waals surface area contributed by atoms with Crippen molar-refractivity contribution in [1.29, 1.82) is 0 Å². The van der Waals surface area contributed by atoms with Crippen LogP contribution in [0.4, 0.5) is 9.59 Å². The topological polar surface area (TPSA) is 158 Å². The second-order valence-electron chi connectivity index (χ2n) is 8.28. The van der Waals surface area contributed by atoms with Gasteiger partial charge in [0.05, 0.1) is 13.2 Å². The fraction of sp³-hybridized carbons (Fsp3) is 0.810. The minimum absolute atomic E-state index is 0.167. The van der Waals surface area contributed by atoms with E-state index in [1.165, 1.54) is 0 Å². The number of ether oxygens (including phenoxy) is 4. The smallest absolute Gasteiger partial charge is 0.444 e. The van der Waals surface area contributed by atoms with Crippen molar-refractivity contribution in [2.24, 2.45) is 0 Å². The molecule has 2 heterocycles. The first-order valence-electron chi connectivity index (χ1n) is 10.6. The predicted molar refractivity (Wildman–Crippen MR) is 116 cm³/mol. The zero-order valence-electron chi connectivity index (χ0n) is 21.0. The number of cyclic esters (lactones) is 2. The standard InChI is InChI=1S/C14H23NO7.C4H6O3.C2H6.CH4O/c1-13(2,3)20-11(17)15(12(18)21-14(4,5)6)22-9-7-8-19-10(9)16;5-3-1-2-7-4(3)6;2*1-2/h9H,7-8H2,1-6H3;3,5H,1-2H2;1-2H3;2H,1H3/t;3-;;/m.0../s1. The Kier molecular flexibility index (Phi) is 15.3. The maximum Gasteiger partial charge on any atom is 0.444 e. The van der Waals surface area contributed by atoms with Crippen LogP contribution in [0.2, 0.25) is 0 Å². The highest BCUT2D eigenvalue weighted by Crippen LogP contribution is 2.19. The molecule has 2 fully saturated rings. The van der Waals surface area contributed by atoms with E-state index in [9.17, 15) is 19.2 Å². The van der Waals surface area contributed by atoms with Gasteiger partial charge in [-0.15, -0.1) is 0 Å². The summed E-state index contributed by atoms with van der Waals surface area (Å²) in [5, 5.41) is 15.9. The molecular weight excluding hydrogens is 442 g/mol. The van der Waals surface area contributed by atoms with Crippen molar-refractivity contribution in [3.63, 3.8) is 0 Å². The molecule has 33 heavy (non-hydrogen) atoms. The van der Waals surface area contributed by atoms with E-state index in [2.05, 4.69) is 4.74 Å². The molecule has 2 N–H and O–H groups in total. The summed E-state index contributed by atoms with van der Waals surface area (Å²) in [6, 6.07) is 0.